The van der Waals surface area contributed by atoms with Crippen molar-refractivity contribution in [2.45, 2.75) is 30.8 Å². The molecule has 1 aliphatic heterocycles. The second-order valence-corrected chi connectivity index (χ2v) is 8.22. The SMILES string of the molecule is O=C(CCSc1nnc(N2CCCCC2)n1-c1ccccc1)Nc1ccc(F)cc1. The summed E-state index contributed by atoms with van der Waals surface area (Å²) in [5.74, 6) is 0.987. The van der Waals surface area contributed by atoms with Crippen LogP contribution in [0.1, 0.15) is 25.7 Å². The molecule has 1 fully saturated rings. The summed E-state index contributed by atoms with van der Waals surface area (Å²) in [5.41, 5.74) is 1.60. The van der Waals surface area contributed by atoms with Gasteiger partial charge in [0.2, 0.25) is 11.9 Å². The average Bonchev–Trinajstić information content (AvgIpc) is 3.20. The van der Waals surface area contributed by atoms with E-state index in [1.807, 2.05) is 30.3 Å². The summed E-state index contributed by atoms with van der Waals surface area (Å²) >= 11 is 1.51. The molecule has 4 rings (SSSR count). The van der Waals surface area contributed by atoms with Crippen LogP contribution in [0.3, 0.4) is 0 Å². The van der Waals surface area contributed by atoms with Gasteiger partial charge in [-0.2, -0.15) is 0 Å². The lowest BCUT2D eigenvalue weighted by Gasteiger charge is -2.27. The van der Waals surface area contributed by atoms with E-state index in [4.69, 9.17) is 0 Å². The van der Waals surface area contributed by atoms with E-state index in [1.54, 1.807) is 12.1 Å². The second-order valence-electron chi connectivity index (χ2n) is 7.15. The number of para-hydroxylation sites is 1. The number of rotatable bonds is 7. The molecular weight excluding hydrogens is 401 g/mol. The third kappa shape index (κ3) is 4.99. The van der Waals surface area contributed by atoms with Crippen LogP contribution >= 0.6 is 11.8 Å². The molecule has 6 nitrogen and oxygen atoms in total. The molecule has 0 saturated carbocycles. The molecule has 1 aromatic heterocycles. The van der Waals surface area contributed by atoms with Crippen molar-refractivity contribution in [3.8, 4) is 5.69 Å². The van der Waals surface area contributed by atoms with Crippen molar-refractivity contribution in [2.75, 3.05) is 29.1 Å². The minimum atomic E-state index is -0.326. The van der Waals surface area contributed by atoms with Crippen molar-refractivity contribution in [1.29, 1.82) is 0 Å². The molecular formula is C22H24FN5OS. The fraction of sp³-hybridized carbons (Fsp3) is 0.318. The van der Waals surface area contributed by atoms with Crippen LogP contribution in [-0.4, -0.2) is 39.5 Å². The van der Waals surface area contributed by atoms with Crippen molar-refractivity contribution in [3.63, 3.8) is 0 Å². The van der Waals surface area contributed by atoms with Gasteiger partial charge in [0, 0.05) is 31.0 Å². The van der Waals surface area contributed by atoms with Crippen LogP contribution in [0.5, 0.6) is 0 Å². The first-order valence-corrected chi connectivity index (χ1v) is 11.1. The van der Waals surface area contributed by atoms with Gasteiger partial charge in [0.15, 0.2) is 5.16 Å². The highest BCUT2D eigenvalue weighted by Crippen LogP contribution is 2.28. The lowest BCUT2D eigenvalue weighted by molar-refractivity contribution is -0.115. The summed E-state index contributed by atoms with van der Waals surface area (Å²) in [6, 6.07) is 15.8. The number of amides is 1. The van der Waals surface area contributed by atoms with Gasteiger partial charge in [0.25, 0.3) is 0 Å². The predicted octanol–water partition coefficient (Wildman–Crippen LogP) is 4.52. The molecule has 0 unspecified atom stereocenters. The van der Waals surface area contributed by atoms with Crippen molar-refractivity contribution >= 4 is 29.3 Å². The summed E-state index contributed by atoms with van der Waals surface area (Å²) in [6.07, 6.45) is 3.89. The van der Waals surface area contributed by atoms with Gasteiger partial charge in [-0.25, -0.2) is 4.39 Å². The number of aromatic nitrogens is 3. The van der Waals surface area contributed by atoms with Crippen molar-refractivity contribution in [1.82, 2.24) is 14.8 Å². The number of carbonyl (C=O) groups excluding carboxylic acids is 1. The van der Waals surface area contributed by atoms with Crippen LogP contribution in [0.15, 0.2) is 59.8 Å². The minimum absolute atomic E-state index is 0.115. The molecule has 1 aliphatic rings. The molecule has 1 saturated heterocycles. The largest absolute Gasteiger partial charge is 0.341 e. The Balaban J connectivity index is 1.44. The molecule has 0 atom stereocenters. The van der Waals surface area contributed by atoms with Crippen LogP contribution in [0.25, 0.3) is 5.69 Å². The number of anilines is 2. The maximum atomic E-state index is 13.0. The highest BCUT2D eigenvalue weighted by atomic mass is 32.2. The van der Waals surface area contributed by atoms with Gasteiger partial charge in [-0.1, -0.05) is 30.0 Å². The van der Waals surface area contributed by atoms with Crippen LogP contribution < -0.4 is 10.2 Å². The number of thioether (sulfide) groups is 1. The summed E-state index contributed by atoms with van der Waals surface area (Å²) < 4.78 is 15.1. The van der Waals surface area contributed by atoms with E-state index in [-0.39, 0.29) is 11.7 Å². The minimum Gasteiger partial charge on any atom is -0.341 e. The van der Waals surface area contributed by atoms with E-state index in [2.05, 4.69) is 25.0 Å². The molecule has 2 heterocycles. The summed E-state index contributed by atoms with van der Waals surface area (Å²) in [7, 11) is 0. The number of nitrogens with one attached hydrogen (secondary N) is 1. The molecule has 1 N–H and O–H groups in total. The Hall–Kier alpha value is -2.87. The summed E-state index contributed by atoms with van der Waals surface area (Å²) in [6.45, 7) is 1.96. The predicted molar refractivity (Wildman–Crippen MR) is 118 cm³/mol. The van der Waals surface area contributed by atoms with E-state index < -0.39 is 0 Å². The van der Waals surface area contributed by atoms with Crippen molar-refractivity contribution < 1.29 is 9.18 Å². The first-order valence-electron chi connectivity index (χ1n) is 10.1. The fourth-order valence-electron chi connectivity index (χ4n) is 3.45. The molecule has 30 heavy (non-hydrogen) atoms. The molecule has 0 aliphatic carbocycles. The Labute approximate surface area is 179 Å². The molecule has 156 valence electrons. The van der Waals surface area contributed by atoms with E-state index in [0.29, 0.717) is 17.9 Å². The first kappa shape index (κ1) is 20.4. The Kier molecular flexibility index (Phi) is 6.63. The van der Waals surface area contributed by atoms with Gasteiger partial charge in [-0.3, -0.25) is 9.36 Å². The molecule has 0 bridgehead atoms. The standard InChI is InChI=1S/C22H24FN5OS/c23-17-9-11-18(12-10-17)24-20(29)13-16-30-22-26-25-21(27-14-5-2-6-15-27)28(22)19-7-3-1-4-8-19/h1,3-4,7-12H,2,5-6,13-16H2,(H,24,29). The average molecular weight is 426 g/mol. The molecule has 1 amide bonds. The van der Waals surface area contributed by atoms with Crippen molar-refractivity contribution in [2.24, 2.45) is 0 Å². The Morgan fingerprint density at radius 2 is 1.73 bits per heavy atom. The normalized spacial score (nSPS) is 14.0. The first-order chi connectivity index (χ1) is 14.7. The number of benzene rings is 2. The maximum absolute atomic E-state index is 13.0. The van der Waals surface area contributed by atoms with E-state index >= 15 is 0 Å². The van der Waals surface area contributed by atoms with Crippen LogP contribution in [0.2, 0.25) is 0 Å². The third-order valence-electron chi connectivity index (χ3n) is 4.96. The van der Waals surface area contributed by atoms with E-state index in [1.165, 1.54) is 30.3 Å². The molecule has 0 radical (unpaired) electrons. The lowest BCUT2D eigenvalue weighted by Crippen LogP contribution is -2.31. The maximum Gasteiger partial charge on any atom is 0.232 e. The monoisotopic (exact) mass is 425 g/mol. The smallest absolute Gasteiger partial charge is 0.232 e. The summed E-state index contributed by atoms with van der Waals surface area (Å²) in [4.78, 5) is 14.5. The number of hydrogen-bond acceptors (Lipinski definition) is 5. The highest BCUT2D eigenvalue weighted by molar-refractivity contribution is 7.99. The van der Waals surface area contributed by atoms with Gasteiger partial charge in [-0.05, 0) is 55.7 Å². The van der Waals surface area contributed by atoms with Gasteiger partial charge in [0.05, 0.1) is 5.69 Å². The summed E-state index contributed by atoms with van der Waals surface area (Å²) in [5, 5.41) is 12.5. The zero-order valence-electron chi connectivity index (χ0n) is 16.6. The number of piperidine rings is 1. The molecule has 3 aromatic rings. The van der Waals surface area contributed by atoms with Gasteiger partial charge in [0.1, 0.15) is 5.82 Å². The highest BCUT2D eigenvalue weighted by Gasteiger charge is 2.21. The van der Waals surface area contributed by atoms with Crippen LogP contribution in [0.4, 0.5) is 16.0 Å². The number of nitrogens with zero attached hydrogens (tertiary/aromatic N) is 4. The number of hydrogen-bond donors (Lipinski definition) is 1. The van der Waals surface area contributed by atoms with Crippen molar-refractivity contribution in [3.05, 3.63) is 60.4 Å². The molecule has 2 aromatic carbocycles. The third-order valence-corrected chi connectivity index (χ3v) is 5.89. The Bertz CT molecular complexity index is 971. The van der Waals surface area contributed by atoms with Gasteiger partial charge < -0.3 is 10.2 Å². The second kappa shape index (κ2) is 9.75. The molecule has 8 heteroatoms. The van der Waals surface area contributed by atoms with E-state index in [0.717, 1.165) is 42.7 Å². The number of carbonyl (C=O) groups is 1. The van der Waals surface area contributed by atoms with Crippen LogP contribution in [0, 0.1) is 5.82 Å². The zero-order chi connectivity index (χ0) is 20.8. The Morgan fingerprint density at radius 1 is 1.00 bits per heavy atom. The van der Waals surface area contributed by atoms with Gasteiger partial charge in [-0.15, -0.1) is 10.2 Å². The Morgan fingerprint density at radius 3 is 2.47 bits per heavy atom. The topological polar surface area (TPSA) is 63.1 Å². The molecule has 0 spiro atoms. The zero-order valence-corrected chi connectivity index (χ0v) is 17.4. The van der Waals surface area contributed by atoms with Crippen LogP contribution in [-0.2, 0) is 4.79 Å². The van der Waals surface area contributed by atoms with Gasteiger partial charge >= 0.3 is 0 Å². The number of halogens is 1. The lowest BCUT2D eigenvalue weighted by atomic mass is 10.1. The van der Waals surface area contributed by atoms with E-state index in [9.17, 15) is 9.18 Å². The fourth-order valence-corrected chi connectivity index (χ4v) is 4.33. The quantitative estimate of drug-likeness (QED) is 0.564.